The van der Waals surface area contributed by atoms with Gasteiger partial charge in [-0.1, -0.05) is 24.6 Å². The molecule has 1 aromatic rings. The van der Waals surface area contributed by atoms with Crippen LogP contribution in [0.2, 0.25) is 0 Å². The lowest BCUT2D eigenvalue weighted by molar-refractivity contribution is -0.141. The Balaban J connectivity index is 2.32. The number of fused-ring (bicyclic) bond motifs is 1. The first kappa shape index (κ1) is 11.9. The predicted molar refractivity (Wildman–Crippen MR) is 62.0 cm³/mol. The van der Waals surface area contributed by atoms with Crippen LogP contribution in [0.4, 0.5) is 0 Å². The van der Waals surface area contributed by atoms with Gasteiger partial charge >= 0.3 is 5.97 Å². The molecule has 0 aliphatic carbocycles. The Hall–Kier alpha value is -1.55. The molecule has 4 heteroatoms. The van der Waals surface area contributed by atoms with Crippen molar-refractivity contribution in [1.29, 1.82) is 0 Å². The lowest BCUT2D eigenvalue weighted by atomic mass is 9.96. The summed E-state index contributed by atoms with van der Waals surface area (Å²) in [5.41, 5.74) is 3.06. The molecule has 0 aromatic heterocycles. The van der Waals surface area contributed by atoms with E-state index in [4.69, 9.17) is 14.6 Å². The average molecular weight is 236 g/mol. The highest BCUT2D eigenvalue weighted by Gasteiger charge is 2.19. The summed E-state index contributed by atoms with van der Waals surface area (Å²) in [5.74, 6) is -0.394. The average Bonchev–Trinajstić information content (AvgIpc) is 2.28. The molecule has 1 aliphatic heterocycles. The molecule has 0 fully saturated rings. The minimum absolute atomic E-state index is 0.241. The molecule has 0 radical (unpaired) electrons. The summed E-state index contributed by atoms with van der Waals surface area (Å²) in [5, 5.41) is 8.95. The van der Waals surface area contributed by atoms with Crippen LogP contribution >= 0.6 is 0 Å². The molecular formula is C13H16O4. The third-order valence-electron chi connectivity index (χ3n) is 2.88. The lowest BCUT2D eigenvalue weighted by Crippen LogP contribution is -2.17. The van der Waals surface area contributed by atoms with E-state index in [-0.39, 0.29) is 6.79 Å². The van der Waals surface area contributed by atoms with Crippen molar-refractivity contribution in [3.8, 4) is 5.75 Å². The molecule has 0 saturated heterocycles. The second kappa shape index (κ2) is 4.75. The van der Waals surface area contributed by atoms with Gasteiger partial charge in [0, 0.05) is 5.56 Å². The van der Waals surface area contributed by atoms with Gasteiger partial charge < -0.3 is 14.6 Å². The number of rotatable bonds is 3. The number of hydrogen-bond donors (Lipinski definition) is 1. The van der Waals surface area contributed by atoms with Crippen molar-refractivity contribution < 1.29 is 19.4 Å². The zero-order chi connectivity index (χ0) is 12.4. The maximum Gasteiger partial charge on any atom is 0.306 e. The molecule has 1 aromatic carbocycles. The van der Waals surface area contributed by atoms with E-state index in [2.05, 4.69) is 0 Å². The van der Waals surface area contributed by atoms with Crippen LogP contribution in [-0.2, 0) is 22.6 Å². The van der Waals surface area contributed by atoms with E-state index >= 15 is 0 Å². The number of hydrogen-bond acceptors (Lipinski definition) is 3. The Morgan fingerprint density at radius 3 is 3.00 bits per heavy atom. The van der Waals surface area contributed by atoms with E-state index in [0.717, 1.165) is 22.4 Å². The quantitative estimate of drug-likeness (QED) is 0.873. The lowest BCUT2D eigenvalue weighted by Gasteiger charge is -2.22. The highest BCUT2D eigenvalue weighted by Crippen LogP contribution is 2.31. The van der Waals surface area contributed by atoms with Crippen LogP contribution in [0.5, 0.6) is 5.75 Å². The molecule has 1 N–H and O–H groups in total. The number of aliphatic carboxylic acids is 1. The van der Waals surface area contributed by atoms with Crippen molar-refractivity contribution in [2.75, 3.05) is 6.79 Å². The molecule has 1 aliphatic rings. The second-order valence-electron chi connectivity index (χ2n) is 4.47. The summed E-state index contributed by atoms with van der Waals surface area (Å²) < 4.78 is 10.7. The Morgan fingerprint density at radius 2 is 2.29 bits per heavy atom. The standard InChI is InChI=1S/C13H16O4/c1-8-3-10(5-9(2)13(14)15)12-11(4-8)6-16-7-17-12/h3-4,9H,5-7H2,1-2H3,(H,14,15). The zero-order valence-electron chi connectivity index (χ0n) is 10.0. The molecule has 17 heavy (non-hydrogen) atoms. The van der Waals surface area contributed by atoms with Crippen molar-refractivity contribution >= 4 is 5.97 Å². The topological polar surface area (TPSA) is 55.8 Å². The van der Waals surface area contributed by atoms with E-state index in [1.807, 2.05) is 19.1 Å². The van der Waals surface area contributed by atoms with Gasteiger partial charge in [0.2, 0.25) is 0 Å². The molecule has 1 atom stereocenters. The second-order valence-corrected chi connectivity index (χ2v) is 4.47. The number of aryl methyl sites for hydroxylation is 1. The first-order chi connectivity index (χ1) is 8.08. The molecule has 1 unspecified atom stereocenters. The number of carboxylic acid groups (broad SMARTS) is 1. The van der Waals surface area contributed by atoms with E-state index in [9.17, 15) is 4.79 Å². The largest absolute Gasteiger partial charge is 0.481 e. The van der Waals surface area contributed by atoms with Crippen LogP contribution < -0.4 is 4.74 Å². The van der Waals surface area contributed by atoms with E-state index in [1.54, 1.807) is 6.92 Å². The summed E-state index contributed by atoms with van der Waals surface area (Å²) in [6.07, 6.45) is 0.485. The highest BCUT2D eigenvalue weighted by atomic mass is 16.7. The van der Waals surface area contributed by atoms with Crippen LogP contribution in [0.25, 0.3) is 0 Å². The molecule has 92 valence electrons. The Labute approximate surface area is 100 Å². The Bertz CT molecular complexity index is 439. The molecule has 4 nitrogen and oxygen atoms in total. The van der Waals surface area contributed by atoms with E-state index in [0.29, 0.717) is 13.0 Å². The zero-order valence-corrected chi connectivity index (χ0v) is 10.0. The summed E-state index contributed by atoms with van der Waals surface area (Å²) in [6, 6.07) is 4.01. The molecule has 0 amide bonds. The summed E-state index contributed by atoms with van der Waals surface area (Å²) in [4.78, 5) is 10.9. The fourth-order valence-corrected chi connectivity index (χ4v) is 2.04. The van der Waals surface area contributed by atoms with Gasteiger partial charge in [0.15, 0.2) is 6.79 Å². The molecule has 2 rings (SSSR count). The van der Waals surface area contributed by atoms with Crippen LogP contribution in [-0.4, -0.2) is 17.9 Å². The SMILES string of the molecule is Cc1cc2c(c(CC(C)C(=O)O)c1)OCOC2. The molecule has 0 saturated carbocycles. The van der Waals surface area contributed by atoms with Crippen LogP contribution in [0.15, 0.2) is 12.1 Å². The van der Waals surface area contributed by atoms with Crippen LogP contribution in [0.1, 0.15) is 23.6 Å². The molecule has 0 bridgehead atoms. The molecular weight excluding hydrogens is 220 g/mol. The number of carboxylic acids is 1. The third kappa shape index (κ3) is 2.58. The van der Waals surface area contributed by atoms with Gasteiger partial charge in [-0.15, -0.1) is 0 Å². The smallest absolute Gasteiger partial charge is 0.306 e. The summed E-state index contributed by atoms with van der Waals surface area (Å²) in [6.45, 7) is 4.47. The number of ether oxygens (including phenoxy) is 2. The van der Waals surface area contributed by atoms with Crippen molar-refractivity contribution in [1.82, 2.24) is 0 Å². The first-order valence-electron chi connectivity index (χ1n) is 5.63. The third-order valence-corrected chi connectivity index (χ3v) is 2.88. The maximum absolute atomic E-state index is 10.9. The highest BCUT2D eigenvalue weighted by molar-refractivity contribution is 5.70. The van der Waals surface area contributed by atoms with E-state index in [1.165, 1.54) is 0 Å². The van der Waals surface area contributed by atoms with Gasteiger partial charge in [-0.25, -0.2) is 0 Å². The van der Waals surface area contributed by atoms with Crippen LogP contribution in [0, 0.1) is 12.8 Å². The Kier molecular flexibility index (Phi) is 3.33. The fourth-order valence-electron chi connectivity index (χ4n) is 2.04. The van der Waals surface area contributed by atoms with Crippen molar-refractivity contribution in [2.24, 2.45) is 5.92 Å². The van der Waals surface area contributed by atoms with Gasteiger partial charge in [0.05, 0.1) is 12.5 Å². The van der Waals surface area contributed by atoms with Crippen LogP contribution in [0.3, 0.4) is 0 Å². The number of benzene rings is 1. The Morgan fingerprint density at radius 1 is 1.53 bits per heavy atom. The maximum atomic E-state index is 10.9. The normalized spacial score (nSPS) is 15.9. The van der Waals surface area contributed by atoms with Crippen molar-refractivity contribution in [2.45, 2.75) is 26.9 Å². The minimum Gasteiger partial charge on any atom is -0.481 e. The van der Waals surface area contributed by atoms with Gasteiger partial charge in [0.1, 0.15) is 5.75 Å². The van der Waals surface area contributed by atoms with Gasteiger partial charge in [-0.2, -0.15) is 0 Å². The van der Waals surface area contributed by atoms with Gasteiger partial charge in [-0.3, -0.25) is 4.79 Å². The minimum atomic E-state index is -0.785. The molecule has 0 spiro atoms. The van der Waals surface area contributed by atoms with Gasteiger partial charge in [-0.05, 0) is 18.9 Å². The van der Waals surface area contributed by atoms with Crippen molar-refractivity contribution in [3.63, 3.8) is 0 Å². The van der Waals surface area contributed by atoms with Gasteiger partial charge in [0.25, 0.3) is 0 Å². The summed E-state index contributed by atoms with van der Waals surface area (Å²) >= 11 is 0. The van der Waals surface area contributed by atoms with Crippen molar-refractivity contribution in [3.05, 3.63) is 28.8 Å². The number of carbonyl (C=O) groups is 1. The summed E-state index contributed by atoms with van der Waals surface area (Å²) in [7, 11) is 0. The monoisotopic (exact) mass is 236 g/mol. The van der Waals surface area contributed by atoms with E-state index < -0.39 is 11.9 Å². The fraction of sp³-hybridized carbons (Fsp3) is 0.462. The predicted octanol–water partition coefficient (Wildman–Crippen LogP) is 2.12. The molecule has 1 heterocycles. The first-order valence-corrected chi connectivity index (χ1v) is 5.63.